The van der Waals surface area contributed by atoms with Crippen LogP contribution in [0.15, 0.2) is 24.3 Å². The van der Waals surface area contributed by atoms with Gasteiger partial charge in [0, 0.05) is 12.6 Å². The average Bonchev–Trinajstić information content (AvgIpc) is 2.36. The minimum Gasteiger partial charge on any atom is -0.508 e. The third-order valence-electron chi connectivity index (χ3n) is 2.96. The van der Waals surface area contributed by atoms with E-state index in [-0.39, 0.29) is 5.75 Å². The molecule has 1 aromatic carbocycles. The highest BCUT2D eigenvalue weighted by atomic mass is 32.2. The smallest absolute Gasteiger partial charge is 0.230 e. The number of phenols is 1. The summed E-state index contributed by atoms with van der Waals surface area (Å²) in [5.74, 6) is 0.0386. The molecule has 18 heavy (non-hydrogen) atoms. The molecule has 5 nitrogen and oxygen atoms in total. The fourth-order valence-electron chi connectivity index (χ4n) is 1.57. The monoisotopic (exact) mass is 268 g/mol. The summed E-state index contributed by atoms with van der Waals surface area (Å²) >= 11 is 0. The van der Waals surface area contributed by atoms with Gasteiger partial charge in [-0.2, -0.15) is 9.57 Å². The van der Waals surface area contributed by atoms with Gasteiger partial charge in [0.15, 0.2) is 5.25 Å². The van der Waals surface area contributed by atoms with E-state index in [1.807, 2.05) is 0 Å². The van der Waals surface area contributed by atoms with Gasteiger partial charge < -0.3 is 5.11 Å². The third-order valence-corrected chi connectivity index (χ3v) is 5.08. The van der Waals surface area contributed by atoms with Crippen LogP contribution in [0.2, 0.25) is 0 Å². The Labute approximate surface area is 107 Å². The van der Waals surface area contributed by atoms with Crippen LogP contribution in [0.5, 0.6) is 5.75 Å². The van der Waals surface area contributed by atoms with E-state index in [1.54, 1.807) is 31.2 Å². The van der Waals surface area contributed by atoms with E-state index in [1.165, 1.54) is 20.0 Å². The van der Waals surface area contributed by atoms with Gasteiger partial charge in [0.05, 0.1) is 12.1 Å². The van der Waals surface area contributed by atoms with Crippen LogP contribution in [0.25, 0.3) is 0 Å². The predicted molar refractivity (Wildman–Crippen MR) is 68.3 cm³/mol. The van der Waals surface area contributed by atoms with Crippen molar-refractivity contribution >= 4 is 10.0 Å². The summed E-state index contributed by atoms with van der Waals surface area (Å²) in [5, 5.41) is 17.3. The Morgan fingerprint density at radius 1 is 1.33 bits per heavy atom. The molecule has 2 unspecified atom stereocenters. The first-order chi connectivity index (χ1) is 8.32. The van der Waals surface area contributed by atoms with Crippen molar-refractivity contribution in [2.24, 2.45) is 0 Å². The number of rotatable bonds is 4. The number of benzene rings is 1. The highest BCUT2D eigenvalue weighted by Crippen LogP contribution is 2.29. The van der Waals surface area contributed by atoms with Gasteiger partial charge in [-0.1, -0.05) is 18.2 Å². The first kappa shape index (κ1) is 14.5. The van der Waals surface area contributed by atoms with E-state index in [4.69, 9.17) is 5.26 Å². The molecule has 1 rings (SSSR count). The maximum Gasteiger partial charge on any atom is 0.230 e. The maximum absolute atomic E-state index is 12.0. The summed E-state index contributed by atoms with van der Waals surface area (Å²) in [6.45, 7) is 3.00. The van der Waals surface area contributed by atoms with E-state index >= 15 is 0 Å². The molecule has 6 heteroatoms. The molecule has 0 saturated heterocycles. The van der Waals surface area contributed by atoms with Gasteiger partial charge in [-0.15, -0.1) is 0 Å². The lowest BCUT2D eigenvalue weighted by Crippen LogP contribution is -2.35. The van der Waals surface area contributed by atoms with Crippen LogP contribution in [0.4, 0.5) is 0 Å². The van der Waals surface area contributed by atoms with E-state index in [9.17, 15) is 13.5 Å². The molecule has 0 fully saturated rings. The van der Waals surface area contributed by atoms with Gasteiger partial charge >= 0.3 is 0 Å². The number of para-hydroxylation sites is 1. The molecule has 98 valence electrons. The fraction of sp³-hybridized carbons (Fsp3) is 0.417. The number of nitriles is 1. The largest absolute Gasteiger partial charge is 0.508 e. The number of hydrogen-bond acceptors (Lipinski definition) is 4. The van der Waals surface area contributed by atoms with Crippen molar-refractivity contribution in [3.63, 3.8) is 0 Å². The zero-order valence-electron chi connectivity index (χ0n) is 10.5. The number of aromatic hydroxyl groups is 1. The number of phenolic OH excluding ortho intramolecular Hbond substituents is 1. The lowest BCUT2D eigenvalue weighted by Gasteiger charge is -2.26. The summed E-state index contributed by atoms with van der Waals surface area (Å²) in [7, 11) is -2.29. The predicted octanol–water partition coefficient (Wildman–Crippen LogP) is 1.63. The lowest BCUT2D eigenvalue weighted by molar-refractivity contribution is 0.379. The van der Waals surface area contributed by atoms with Crippen molar-refractivity contribution in [3.05, 3.63) is 29.8 Å². The van der Waals surface area contributed by atoms with E-state index in [2.05, 4.69) is 0 Å². The van der Waals surface area contributed by atoms with Gasteiger partial charge in [0.1, 0.15) is 5.75 Å². The van der Waals surface area contributed by atoms with Gasteiger partial charge in [-0.25, -0.2) is 8.42 Å². The quantitative estimate of drug-likeness (QED) is 0.899. The zero-order chi connectivity index (χ0) is 13.9. The summed E-state index contributed by atoms with van der Waals surface area (Å²) in [6, 6.07) is 7.72. The zero-order valence-corrected chi connectivity index (χ0v) is 11.3. The van der Waals surface area contributed by atoms with E-state index in [0.29, 0.717) is 5.56 Å². The van der Waals surface area contributed by atoms with Crippen LogP contribution in [0.3, 0.4) is 0 Å². The summed E-state index contributed by atoms with van der Waals surface area (Å²) in [5.41, 5.74) is 0.508. The molecule has 1 N–H and O–H groups in total. The van der Waals surface area contributed by atoms with Crippen LogP contribution < -0.4 is 0 Å². The molecule has 0 amide bonds. The van der Waals surface area contributed by atoms with Crippen molar-refractivity contribution in [3.8, 4) is 11.8 Å². The van der Waals surface area contributed by atoms with Crippen molar-refractivity contribution in [2.75, 3.05) is 7.05 Å². The second kappa shape index (κ2) is 5.38. The Morgan fingerprint density at radius 2 is 1.89 bits per heavy atom. The standard InChI is InChI=1S/C12H16N2O3S/c1-9(8-13)18(16,17)14(3)10(2)11-6-4-5-7-12(11)15/h4-7,9-10,15H,1-3H3. The number of nitrogens with zero attached hydrogens (tertiary/aromatic N) is 2. The Kier molecular flexibility index (Phi) is 4.33. The molecule has 0 aliphatic carbocycles. The normalized spacial score (nSPS) is 15.1. The molecule has 0 spiro atoms. The Bertz CT molecular complexity index is 563. The second-order valence-electron chi connectivity index (χ2n) is 4.07. The summed E-state index contributed by atoms with van der Waals surface area (Å²) in [4.78, 5) is 0. The van der Waals surface area contributed by atoms with Crippen LogP contribution in [0.1, 0.15) is 25.5 Å². The van der Waals surface area contributed by atoms with Gasteiger partial charge in [0.2, 0.25) is 10.0 Å². The van der Waals surface area contributed by atoms with Crippen molar-refractivity contribution in [1.82, 2.24) is 4.31 Å². The molecule has 0 aliphatic rings. The highest BCUT2D eigenvalue weighted by Gasteiger charge is 2.30. The third kappa shape index (κ3) is 2.63. The van der Waals surface area contributed by atoms with Crippen molar-refractivity contribution in [1.29, 1.82) is 5.26 Å². The van der Waals surface area contributed by atoms with Crippen molar-refractivity contribution < 1.29 is 13.5 Å². The fourth-order valence-corrected chi connectivity index (χ4v) is 2.76. The summed E-state index contributed by atoms with van der Waals surface area (Å²) < 4.78 is 25.1. The molecule has 2 atom stereocenters. The molecule has 0 radical (unpaired) electrons. The molecule has 0 aromatic heterocycles. The van der Waals surface area contributed by atoms with Crippen LogP contribution in [0, 0.1) is 11.3 Å². The SMILES string of the molecule is CC(c1ccccc1O)N(C)S(=O)(=O)C(C)C#N. The van der Waals surface area contributed by atoms with Gasteiger partial charge in [-0.05, 0) is 19.9 Å². The van der Waals surface area contributed by atoms with Crippen molar-refractivity contribution in [2.45, 2.75) is 25.1 Å². The van der Waals surface area contributed by atoms with E-state index < -0.39 is 21.3 Å². The lowest BCUT2D eigenvalue weighted by atomic mass is 10.1. The van der Waals surface area contributed by atoms with Gasteiger partial charge in [-0.3, -0.25) is 0 Å². The van der Waals surface area contributed by atoms with Crippen LogP contribution >= 0.6 is 0 Å². The average molecular weight is 268 g/mol. The first-order valence-electron chi connectivity index (χ1n) is 5.46. The Balaban J connectivity index is 3.10. The Hall–Kier alpha value is -1.58. The Morgan fingerprint density at radius 3 is 2.39 bits per heavy atom. The number of hydrogen-bond donors (Lipinski definition) is 1. The number of sulfonamides is 1. The minimum atomic E-state index is -3.69. The molecule has 0 bridgehead atoms. The van der Waals surface area contributed by atoms with Crippen LogP contribution in [-0.4, -0.2) is 30.1 Å². The molecule has 0 aliphatic heterocycles. The molecule has 0 saturated carbocycles. The van der Waals surface area contributed by atoms with Gasteiger partial charge in [0.25, 0.3) is 0 Å². The first-order valence-corrected chi connectivity index (χ1v) is 6.97. The summed E-state index contributed by atoms with van der Waals surface area (Å²) in [6.07, 6.45) is 0. The second-order valence-corrected chi connectivity index (χ2v) is 6.38. The minimum absolute atomic E-state index is 0.0386. The molecule has 0 heterocycles. The maximum atomic E-state index is 12.0. The molecular formula is C12H16N2O3S. The van der Waals surface area contributed by atoms with Crippen LogP contribution in [-0.2, 0) is 10.0 Å². The molecule has 1 aromatic rings. The molecular weight excluding hydrogens is 252 g/mol. The van der Waals surface area contributed by atoms with E-state index in [0.717, 1.165) is 4.31 Å². The topological polar surface area (TPSA) is 81.4 Å². The highest BCUT2D eigenvalue weighted by molar-refractivity contribution is 7.89.